The van der Waals surface area contributed by atoms with Crippen molar-refractivity contribution in [2.45, 2.75) is 10.1 Å². The van der Waals surface area contributed by atoms with Gasteiger partial charge in [0.1, 0.15) is 5.82 Å². The molecule has 2 aromatic heterocycles. The van der Waals surface area contributed by atoms with Crippen molar-refractivity contribution in [2.75, 3.05) is 5.32 Å². The van der Waals surface area contributed by atoms with E-state index in [-0.39, 0.29) is 5.91 Å². The molecule has 0 atom stereocenters. The molecule has 0 saturated carbocycles. The van der Waals surface area contributed by atoms with E-state index in [1.165, 1.54) is 23.1 Å². The fourth-order valence-corrected chi connectivity index (χ4v) is 4.01. The van der Waals surface area contributed by atoms with Crippen molar-refractivity contribution in [3.05, 3.63) is 65.5 Å². The van der Waals surface area contributed by atoms with Gasteiger partial charge in [0.25, 0.3) is 5.91 Å². The molecule has 0 aliphatic carbocycles. The summed E-state index contributed by atoms with van der Waals surface area (Å²) in [5.74, 6) is 1.21. The summed E-state index contributed by atoms with van der Waals surface area (Å²) in [7, 11) is 0. The number of rotatable bonds is 5. The Balaban J connectivity index is 1.37. The number of hydrogen-bond acceptors (Lipinski definition) is 7. The van der Waals surface area contributed by atoms with Crippen molar-refractivity contribution < 1.29 is 4.79 Å². The van der Waals surface area contributed by atoms with Crippen LogP contribution < -0.4 is 5.32 Å². The summed E-state index contributed by atoms with van der Waals surface area (Å²) in [6.07, 6.45) is 0. The normalized spacial score (nSPS) is 10.6. The van der Waals surface area contributed by atoms with Crippen LogP contribution in [0.2, 0.25) is 0 Å². The number of carbonyl (C=O) groups excluding carboxylic acids is 1. The number of aromatic amines is 1. The molecule has 4 rings (SSSR count). The highest BCUT2D eigenvalue weighted by Crippen LogP contribution is 2.28. The number of fused-ring (bicyclic) bond motifs is 1. The van der Waals surface area contributed by atoms with Gasteiger partial charge < -0.3 is 4.98 Å². The van der Waals surface area contributed by atoms with E-state index in [0.717, 1.165) is 21.2 Å². The van der Waals surface area contributed by atoms with Crippen LogP contribution in [0.1, 0.15) is 21.7 Å². The molecule has 132 valence electrons. The number of amides is 1. The Bertz CT molecular complexity index is 1110. The Hall–Kier alpha value is -3.22. The van der Waals surface area contributed by atoms with Gasteiger partial charge in [-0.3, -0.25) is 10.1 Å². The van der Waals surface area contributed by atoms with Gasteiger partial charge in [-0.25, -0.2) is 4.98 Å². The quantitative estimate of drug-likeness (QED) is 0.395. The fourth-order valence-electron chi connectivity index (χ4n) is 2.39. The highest BCUT2D eigenvalue weighted by molar-refractivity contribution is 8.00. The van der Waals surface area contributed by atoms with Gasteiger partial charge in [0.15, 0.2) is 4.34 Å². The maximum absolute atomic E-state index is 12.2. The zero-order chi connectivity index (χ0) is 18.6. The molecule has 9 heteroatoms. The van der Waals surface area contributed by atoms with Crippen LogP contribution in [0.25, 0.3) is 11.0 Å². The maximum atomic E-state index is 12.2. The predicted octanol–water partition coefficient (Wildman–Crippen LogP) is 3.83. The molecule has 27 heavy (non-hydrogen) atoms. The molecule has 4 aromatic rings. The molecule has 0 unspecified atom stereocenters. The number of carbonyl (C=O) groups is 1. The highest BCUT2D eigenvalue weighted by Gasteiger charge is 2.11. The van der Waals surface area contributed by atoms with Gasteiger partial charge in [-0.1, -0.05) is 35.2 Å². The molecule has 0 spiro atoms. The zero-order valence-electron chi connectivity index (χ0n) is 13.8. The standard InChI is InChI=1S/C18H12N6OS2/c19-9-11-5-7-12(8-6-11)16(25)22-17-23-24-18(27-17)26-10-15-20-13-3-1-2-4-14(13)21-15/h1-8H,10H2,(H,20,21)(H,22,23,25). The Kier molecular flexibility index (Phi) is 4.82. The first kappa shape index (κ1) is 17.2. The second kappa shape index (κ2) is 7.57. The molecule has 1 amide bonds. The number of anilines is 1. The molecule has 0 saturated heterocycles. The van der Waals surface area contributed by atoms with Gasteiger partial charge >= 0.3 is 0 Å². The summed E-state index contributed by atoms with van der Waals surface area (Å²) in [6, 6.07) is 16.3. The summed E-state index contributed by atoms with van der Waals surface area (Å²) < 4.78 is 0.741. The molecule has 2 heterocycles. The van der Waals surface area contributed by atoms with E-state index >= 15 is 0 Å². The van der Waals surface area contributed by atoms with Gasteiger partial charge in [-0.2, -0.15) is 5.26 Å². The maximum Gasteiger partial charge on any atom is 0.257 e. The lowest BCUT2D eigenvalue weighted by Gasteiger charge is -2.00. The lowest BCUT2D eigenvalue weighted by molar-refractivity contribution is 0.102. The molecule has 0 radical (unpaired) electrons. The third-order valence-corrected chi connectivity index (χ3v) is 5.66. The van der Waals surface area contributed by atoms with Gasteiger partial charge in [0.2, 0.25) is 5.13 Å². The van der Waals surface area contributed by atoms with E-state index in [1.54, 1.807) is 24.3 Å². The first-order valence-corrected chi connectivity index (χ1v) is 9.73. The summed E-state index contributed by atoms with van der Waals surface area (Å²) in [5, 5.41) is 20.0. The number of nitrogens with zero attached hydrogens (tertiary/aromatic N) is 4. The molecule has 0 aliphatic heterocycles. The first-order valence-electron chi connectivity index (χ1n) is 7.93. The van der Waals surface area contributed by atoms with Crippen molar-refractivity contribution in [3.8, 4) is 6.07 Å². The number of benzene rings is 2. The van der Waals surface area contributed by atoms with Crippen LogP contribution in [-0.4, -0.2) is 26.1 Å². The van der Waals surface area contributed by atoms with Crippen LogP contribution in [0.4, 0.5) is 5.13 Å². The molecule has 2 aromatic carbocycles. The van der Waals surface area contributed by atoms with Crippen LogP contribution in [0.15, 0.2) is 52.9 Å². The van der Waals surface area contributed by atoms with Crippen LogP contribution in [0.3, 0.4) is 0 Å². The average molecular weight is 392 g/mol. The third kappa shape index (κ3) is 3.97. The summed E-state index contributed by atoms with van der Waals surface area (Å²) in [4.78, 5) is 20.0. The van der Waals surface area contributed by atoms with Crippen molar-refractivity contribution in [1.29, 1.82) is 5.26 Å². The average Bonchev–Trinajstić information content (AvgIpc) is 3.32. The van der Waals surface area contributed by atoms with E-state index in [0.29, 0.717) is 22.0 Å². The number of thioether (sulfide) groups is 1. The molecule has 0 fully saturated rings. The number of aromatic nitrogens is 4. The molecule has 0 bridgehead atoms. The van der Waals surface area contributed by atoms with Gasteiger partial charge in [-0.05, 0) is 36.4 Å². The van der Waals surface area contributed by atoms with Crippen molar-refractivity contribution in [1.82, 2.24) is 20.2 Å². The van der Waals surface area contributed by atoms with E-state index in [9.17, 15) is 4.79 Å². The van der Waals surface area contributed by atoms with Crippen LogP contribution >= 0.6 is 23.1 Å². The largest absolute Gasteiger partial charge is 0.341 e. The number of para-hydroxylation sites is 2. The Labute approximate surface area is 162 Å². The minimum Gasteiger partial charge on any atom is -0.341 e. The second-order valence-electron chi connectivity index (χ2n) is 5.51. The minimum atomic E-state index is -0.288. The van der Waals surface area contributed by atoms with Gasteiger partial charge in [0, 0.05) is 5.56 Å². The Morgan fingerprint density at radius 3 is 2.78 bits per heavy atom. The molecule has 2 N–H and O–H groups in total. The summed E-state index contributed by atoms with van der Waals surface area (Å²) in [6.45, 7) is 0. The number of imidazole rings is 1. The smallest absolute Gasteiger partial charge is 0.257 e. The summed E-state index contributed by atoms with van der Waals surface area (Å²) >= 11 is 2.81. The number of nitriles is 1. The summed E-state index contributed by atoms with van der Waals surface area (Å²) in [5.41, 5.74) is 2.90. The van der Waals surface area contributed by atoms with E-state index < -0.39 is 0 Å². The monoisotopic (exact) mass is 392 g/mol. The lowest BCUT2D eigenvalue weighted by atomic mass is 10.1. The minimum absolute atomic E-state index is 0.288. The van der Waals surface area contributed by atoms with Crippen LogP contribution in [-0.2, 0) is 5.75 Å². The topological polar surface area (TPSA) is 107 Å². The van der Waals surface area contributed by atoms with Crippen LogP contribution in [0, 0.1) is 11.3 Å². The van der Waals surface area contributed by atoms with Crippen LogP contribution in [0.5, 0.6) is 0 Å². The molecular weight excluding hydrogens is 380 g/mol. The number of H-pyrrole nitrogens is 1. The molecule has 7 nitrogen and oxygen atoms in total. The van der Waals surface area contributed by atoms with E-state index in [1.807, 2.05) is 30.3 Å². The molecular formula is C18H12N6OS2. The van der Waals surface area contributed by atoms with Crippen molar-refractivity contribution >= 4 is 45.2 Å². The highest BCUT2D eigenvalue weighted by atomic mass is 32.2. The van der Waals surface area contributed by atoms with Gasteiger partial charge in [0.05, 0.1) is 28.4 Å². The van der Waals surface area contributed by atoms with Crippen molar-refractivity contribution in [3.63, 3.8) is 0 Å². The fraction of sp³-hybridized carbons (Fsp3) is 0.0556. The van der Waals surface area contributed by atoms with E-state index in [2.05, 4.69) is 25.5 Å². The van der Waals surface area contributed by atoms with Gasteiger partial charge in [-0.15, -0.1) is 10.2 Å². The Morgan fingerprint density at radius 1 is 1.19 bits per heavy atom. The van der Waals surface area contributed by atoms with E-state index in [4.69, 9.17) is 5.26 Å². The SMILES string of the molecule is N#Cc1ccc(C(=O)Nc2nnc(SCc3nc4ccccc4[nH]3)s2)cc1. The number of nitrogens with one attached hydrogen (secondary N) is 2. The predicted molar refractivity (Wildman–Crippen MR) is 105 cm³/mol. The Morgan fingerprint density at radius 2 is 2.00 bits per heavy atom. The van der Waals surface area contributed by atoms with Crippen molar-refractivity contribution in [2.24, 2.45) is 0 Å². The second-order valence-corrected chi connectivity index (χ2v) is 7.71. The zero-order valence-corrected chi connectivity index (χ0v) is 15.5. The lowest BCUT2D eigenvalue weighted by Crippen LogP contribution is -2.11. The first-order chi connectivity index (χ1) is 13.2. The molecule has 0 aliphatic rings. The number of hydrogen-bond donors (Lipinski definition) is 2. The third-order valence-electron chi connectivity index (χ3n) is 3.67.